The summed E-state index contributed by atoms with van der Waals surface area (Å²) in [6.45, 7) is 6.76. The second-order valence-corrected chi connectivity index (χ2v) is 5.15. The van der Waals surface area contributed by atoms with Gasteiger partial charge in [-0.3, -0.25) is 4.90 Å². The summed E-state index contributed by atoms with van der Waals surface area (Å²) in [5.41, 5.74) is 0. The summed E-state index contributed by atoms with van der Waals surface area (Å²) in [6, 6.07) is 0. The molecule has 0 aliphatic carbocycles. The van der Waals surface area contributed by atoms with Gasteiger partial charge in [0.25, 0.3) is 0 Å². The van der Waals surface area contributed by atoms with Crippen LogP contribution in [0.4, 0.5) is 0 Å². The lowest BCUT2D eigenvalue weighted by Crippen LogP contribution is -2.30. The number of nitrogens with zero attached hydrogens (tertiary/aromatic N) is 2. The van der Waals surface area contributed by atoms with E-state index in [9.17, 15) is 0 Å². The maximum absolute atomic E-state index is 4.96. The molecule has 1 heterocycles. The highest BCUT2D eigenvalue weighted by atomic mass is 32.1. The van der Waals surface area contributed by atoms with Gasteiger partial charge in [-0.2, -0.15) is 0 Å². The summed E-state index contributed by atoms with van der Waals surface area (Å²) in [6.07, 6.45) is 1.97. The number of methoxy groups -OCH3 is 1. The van der Waals surface area contributed by atoms with Crippen LogP contribution in [0.25, 0.3) is 0 Å². The fourth-order valence-electron chi connectivity index (χ4n) is 1.39. The molecule has 0 aliphatic rings. The van der Waals surface area contributed by atoms with Crippen LogP contribution in [-0.4, -0.2) is 50.3 Å². The molecule has 0 unspecified atom stereocenters. The van der Waals surface area contributed by atoms with E-state index in [0.29, 0.717) is 0 Å². The van der Waals surface area contributed by atoms with Gasteiger partial charge in [0.2, 0.25) is 0 Å². The van der Waals surface area contributed by atoms with Crippen LogP contribution in [0.2, 0.25) is 0 Å². The number of aromatic nitrogens is 1. The first kappa shape index (κ1) is 13.6. The predicted octanol–water partition coefficient (Wildman–Crippen LogP) is 1.12. The van der Waals surface area contributed by atoms with E-state index in [0.717, 1.165) is 37.8 Å². The van der Waals surface area contributed by atoms with Gasteiger partial charge in [-0.25, -0.2) is 4.98 Å². The van der Waals surface area contributed by atoms with Crippen molar-refractivity contribution in [3.05, 3.63) is 16.1 Å². The molecule has 16 heavy (non-hydrogen) atoms. The maximum atomic E-state index is 4.96. The van der Waals surface area contributed by atoms with Crippen molar-refractivity contribution < 1.29 is 4.74 Å². The standard InChI is InChI=1S/C11H21N3OS/c1-10-13-8-11(16-10)9-14(2)6-4-12-5-7-15-3/h8,12H,4-7,9H2,1-3H3. The summed E-state index contributed by atoms with van der Waals surface area (Å²) in [5.74, 6) is 0. The number of ether oxygens (including phenoxy) is 1. The molecule has 1 N–H and O–H groups in total. The Balaban J connectivity index is 2.09. The fourth-order valence-corrected chi connectivity index (χ4v) is 2.27. The summed E-state index contributed by atoms with van der Waals surface area (Å²) in [5, 5.41) is 4.47. The van der Waals surface area contributed by atoms with Crippen molar-refractivity contribution in [2.75, 3.05) is 40.4 Å². The molecule has 4 nitrogen and oxygen atoms in total. The fraction of sp³-hybridized carbons (Fsp3) is 0.727. The molecule has 0 aromatic carbocycles. The average molecular weight is 243 g/mol. The van der Waals surface area contributed by atoms with Gasteiger partial charge in [-0.15, -0.1) is 11.3 Å². The highest BCUT2D eigenvalue weighted by molar-refractivity contribution is 7.11. The molecule has 5 heteroatoms. The number of hydrogen-bond acceptors (Lipinski definition) is 5. The SMILES string of the molecule is COCCNCCN(C)Cc1cnc(C)s1. The van der Waals surface area contributed by atoms with Crippen LogP contribution >= 0.6 is 11.3 Å². The van der Waals surface area contributed by atoms with Gasteiger partial charge in [0.1, 0.15) is 0 Å². The quantitative estimate of drug-likeness (QED) is 0.694. The summed E-state index contributed by atoms with van der Waals surface area (Å²) in [7, 11) is 3.85. The number of hydrogen-bond donors (Lipinski definition) is 1. The molecule has 92 valence electrons. The number of aryl methyl sites for hydroxylation is 1. The van der Waals surface area contributed by atoms with Crippen LogP contribution in [0.15, 0.2) is 6.20 Å². The van der Waals surface area contributed by atoms with Crippen molar-refractivity contribution in [2.45, 2.75) is 13.5 Å². The monoisotopic (exact) mass is 243 g/mol. The summed E-state index contributed by atoms with van der Waals surface area (Å²) < 4.78 is 4.96. The molecule has 0 bridgehead atoms. The molecule has 0 fully saturated rings. The van der Waals surface area contributed by atoms with Gasteiger partial charge in [0.15, 0.2) is 0 Å². The van der Waals surface area contributed by atoms with Crippen molar-refractivity contribution in [3.63, 3.8) is 0 Å². The molecule has 0 amide bonds. The van der Waals surface area contributed by atoms with Crippen LogP contribution in [-0.2, 0) is 11.3 Å². The highest BCUT2D eigenvalue weighted by Crippen LogP contribution is 2.12. The third kappa shape index (κ3) is 5.55. The minimum Gasteiger partial charge on any atom is -0.383 e. The van der Waals surface area contributed by atoms with Crippen molar-refractivity contribution in [1.82, 2.24) is 15.2 Å². The lowest BCUT2D eigenvalue weighted by molar-refractivity contribution is 0.197. The third-order valence-corrected chi connectivity index (χ3v) is 3.15. The predicted molar refractivity (Wildman–Crippen MR) is 67.9 cm³/mol. The van der Waals surface area contributed by atoms with E-state index < -0.39 is 0 Å². The molecule has 1 aromatic rings. The van der Waals surface area contributed by atoms with Crippen molar-refractivity contribution in [3.8, 4) is 0 Å². The Morgan fingerprint density at radius 2 is 2.31 bits per heavy atom. The largest absolute Gasteiger partial charge is 0.383 e. The van der Waals surface area contributed by atoms with E-state index in [1.165, 1.54) is 4.88 Å². The first-order valence-corrected chi connectivity index (χ1v) is 6.33. The average Bonchev–Trinajstić information content (AvgIpc) is 2.63. The number of nitrogens with one attached hydrogen (secondary N) is 1. The molecule has 1 aromatic heterocycles. The van der Waals surface area contributed by atoms with Crippen molar-refractivity contribution >= 4 is 11.3 Å². The topological polar surface area (TPSA) is 37.4 Å². The van der Waals surface area contributed by atoms with Gasteiger partial charge >= 0.3 is 0 Å². The molecule has 0 spiro atoms. The molecule has 0 aliphatic heterocycles. The second kappa shape index (κ2) is 7.73. The lowest BCUT2D eigenvalue weighted by Gasteiger charge is -2.15. The van der Waals surface area contributed by atoms with Gasteiger partial charge in [-0.1, -0.05) is 0 Å². The van der Waals surface area contributed by atoms with E-state index in [1.807, 2.05) is 13.1 Å². The molecular weight excluding hydrogens is 222 g/mol. The summed E-state index contributed by atoms with van der Waals surface area (Å²) >= 11 is 1.77. The van der Waals surface area contributed by atoms with Crippen molar-refractivity contribution in [1.29, 1.82) is 0 Å². The van der Waals surface area contributed by atoms with E-state index in [-0.39, 0.29) is 0 Å². The molecule has 0 saturated carbocycles. The Labute approximate surface area is 102 Å². The zero-order chi connectivity index (χ0) is 11.8. The minimum absolute atomic E-state index is 0.776. The maximum Gasteiger partial charge on any atom is 0.0897 e. The Bertz CT molecular complexity index is 291. The van der Waals surface area contributed by atoms with E-state index >= 15 is 0 Å². The Hall–Kier alpha value is -0.490. The van der Waals surface area contributed by atoms with Crippen molar-refractivity contribution in [2.24, 2.45) is 0 Å². The van der Waals surface area contributed by atoms with Gasteiger partial charge in [0.05, 0.1) is 11.6 Å². The Kier molecular flexibility index (Phi) is 6.56. The third-order valence-electron chi connectivity index (χ3n) is 2.25. The van der Waals surface area contributed by atoms with Crippen LogP contribution < -0.4 is 5.32 Å². The second-order valence-electron chi connectivity index (χ2n) is 3.83. The highest BCUT2D eigenvalue weighted by Gasteiger charge is 2.02. The van der Waals surface area contributed by atoms with Crippen LogP contribution in [0.5, 0.6) is 0 Å². The number of rotatable bonds is 8. The normalized spacial score (nSPS) is 11.2. The minimum atomic E-state index is 0.776. The van der Waals surface area contributed by atoms with Gasteiger partial charge < -0.3 is 10.1 Å². The smallest absolute Gasteiger partial charge is 0.0897 e. The Morgan fingerprint density at radius 1 is 1.50 bits per heavy atom. The zero-order valence-corrected chi connectivity index (χ0v) is 11.1. The first-order chi connectivity index (χ1) is 7.72. The molecule has 1 rings (SSSR count). The van der Waals surface area contributed by atoms with Crippen LogP contribution in [0.1, 0.15) is 9.88 Å². The number of likely N-dealkylation sites (N-methyl/N-ethyl adjacent to an activating group) is 1. The molecule has 0 radical (unpaired) electrons. The first-order valence-electron chi connectivity index (χ1n) is 5.52. The molecule has 0 atom stereocenters. The van der Waals surface area contributed by atoms with Gasteiger partial charge in [0, 0.05) is 44.4 Å². The molecule has 0 saturated heterocycles. The summed E-state index contributed by atoms with van der Waals surface area (Å²) in [4.78, 5) is 7.88. The van der Waals surface area contributed by atoms with Crippen LogP contribution in [0.3, 0.4) is 0 Å². The molecular formula is C11H21N3OS. The van der Waals surface area contributed by atoms with Crippen LogP contribution in [0, 0.1) is 6.92 Å². The lowest BCUT2D eigenvalue weighted by atomic mass is 10.4. The Morgan fingerprint density at radius 3 is 2.94 bits per heavy atom. The zero-order valence-electron chi connectivity index (χ0n) is 10.3. The number of thiazole rings is 1. The van der Waals surface area contributed by atoms with E-state index in [2.05, 4.69) is 22.2 Å². The van der Waals surface area contributed by atoms with E-state index in [4.69, 9.17) is 4.74 Å². The van der Waals surface area contributed by atoms with E-state index in [1.54, 1.807) is 18.4 Å². The van der Waals surface area contributed by atoms with Gasteiger partial charge in [-0.05, 0) is 14.0 Å².